The van der Waals surface area contributed by atoms with Gasteiger partial charge in [-0.15, -0.1) is 0 Å². The molecule has 0 atom stereocenters. The molecule has 0 bridgehead atoms. The fourth-order valence-corrected chi connectivity index (χ4v) is 4.14. The van der Waals surface area contributed by atoms with Crippen LogP contribution in [0.3, 0.4) is 0 Å². The maximum atomic E-state index is 5.90. The Bertz CT molecular complexity index is 487. The van der Waals surface area contributed by atoms with Crippen LogP contribution in [0, 0.1) is 0 Å². The Morgan fingerprint density at radius 1 is 0.613 bits per heavy atom. The lowest BCUT2D eigenvalue weighted by molar-refractivity contribution is 0.304. The first-order valence-corrected chi connectivity index (χ1v) is 13.8. The van der Waals surface area contributed by atoms with E-state index in [1.807, 2.05) is 0 Å². The molecule has 2 heteroatoms. The summed E-state index contributed by atoms with van der Waals surface area (Å²) in [7, 11) is 0. The van der Waals surface area contributed by atoms with Gasteiger partial charge in [0.05, 0.1) is 6.61 Å². The molecule has 1 rings (SSSR count). The van der Waals surface area contributed by atoms with Crippen molar-refractivity contribution in [3.63, 3.8) is 0 Å². The van der Waals surface area contributed by atoms with Crippen LogP contribution < -0.4 is 10.1 Å². The first kappa shape index (κ1) is 28.0. The number of rotatable bonds is 23. The molecule has 0 unspecified atom stereocenters. The highest BCUT2D eigenvalue weighted by Crippen LogP contribution is 2.15. The van der Waals surface area contributed by atoms with Crippen LogP contribution in [0.4, 0.5) is 0 Å². The minimum atomic E-state index is 0.843. The Morgan fingerprint density at radius 2 is 1.13 bits per heavy atom. The van der Waals surface area contributed by atoms with E-state index in [1.165, 1.54) is 115 Å². The highest BCUT2D eigenvalue weighted by atomic mass is 16.5. The monoisotopic (exact) mass is 431 g/mol. The van der Waals surface area contributed by atoms with Crippen LogP contribution in [0.25, 0.3) is 0 Å². The van der Waals surface area contributed by atoms with E-state index in [2.05, 4.69) is 43.4 Å². The second-order valence-electron chi connectivity index (χ2n) is 9.33. The molecule has 0 spiro atoms. The zero-order valence-electron chi connectivity index (χ0n) is 21.1. The first-order valence-electron chi connectivity index (χ1n) is 13.8. The van der Waals surface area contributed by atoms with Gasteiger partial charge in [-0.3, -0.25) is 0 Å². The number of ether oxygens (including phenoxy) is 1. The fraction of sp³-hybridized carbons (Fsp3) is 0.793. The van der Waals surface area contributed by atoms with Gasteiger partial charge in [0.2, 0.25) is 0 Å². The van der Waals surface area contributed by atoms with E-state index < -0.39 is 0 Å². The molecule has 0 saturated heterocycles. The molecule has 0 aliphatic heterocycles. The summed E-state index contributed by atoms with van der Waals surface area (Å²) in [6.07, 6.45) is 24.9. The zero-order valence-corrected chi connectivity index (χ0v) is 21.1. The Hall–Kier alpha value is -1.02. The summed E-state index contributed by atoms with van der Waals surface area (Å²) in [5, 5.41) is 3.60. The molecular formula is C29H53NO. The van der Waals surface area contributed by atoms with Crippen molar-refractivity contribution in [2.75, 3.05) is 13.2 Å². The highest BCUT2D eigenvalue weighted by Gasteiger charge is 1.98. The van der Waals surface area contributed by atoms with Gasteiger partial charge in [-0.25, -0.2) is 0 Å². The number of nitrogens with one attached hydrogen (secondary N) is 1. The van der Waals surface area contributed by atoms with E-state index in [-0.39, 0.29) is 0 Å². The van der Waals surface area contributed by atoms with E-state index in [1.54, 1.807) is 0 Å². The molecule has 31 heavy (non-hydrogen) atoms. The Balaban J connectivity index is 1.87. The maximum Gasteiger partial charge on any atom is 0.119 e. The lowest BCUT2D eigenvalue weighted by Crippen LogP contribution is -2.14. The average molecular weight is 432 g/mol. The molecule has 0 heterocycles. The summed E-state index contributed by atoms with van der Waals surface area (Å²) >= 11 is 0. The molecule has 0 aliphatic rings. The van der Waals surface area contributed by atoms with Crippen molar-refractivity contribution < 1.29 is 4.74 Å². The van der Waals surface area contributed by atoms with Crippen molar-refractivity contribution in [1.82, 2.24) is 5.32 Å². The van der Waals surface area contributed by atoms with Crippen LogP contribution in [-0.2, 0) is 6.54 Å². The van der Waals surface area contributed by atoms with Crippen molar-refractivity contribution in [1.29, 1.82) is 0 Å². The normalized spacial score (nSPS) is 11.2. The molecule has 0 aliphatic carbocycles. The van der Waals surface area contributed by atoms with E-state index in [9.17, 15) is 0 Å². The van der Waals surface area contributed by atoms with E-state index >= 15 is 0 Å². The van der Waals surface area contributed by atoms with Crippen LogP contribution >= 0.6 is 0 Å². The SMILES string of the molecule is CCCCCCCCCCCCCCCCNCc1cccc(OCCCCCC)c1. The van der Waals surface area contributed by atoms with Gasteiger partial charge in [-0.05, 0) is 37.1 Å². The number of hydrogen-bond acceptors (Lipinski definition) is 2. The Morgan fingerprint density at radius 3 is 1.71 bits per heavy atom. The molecule has 1 aromatic rings. The second kappa shape index (κ2) is 22.2. The first-order chi connectivity index (χ1) is 15.4. The molecule has 0 amide bonds. The molecule has 1 N–H and O–H groups in total. The van der Waals surface area contributed by atoms with Gasteiger partial charge in [0.1, 0.15) is 5.75 Å². The molecule has 1 aromatic carbocycles. The predicted molar refractivity (Wildman–Crippen MR) is 138 cm³/mol. The van der Waals surface area contributed by atoms with Gasteiger partial charge in [0, 0.05) is 6.54 Å². The molecular weight excluding hydrogens is 378 g/mol. The Labute approximate surface area is 194 Å². The van der Waals surface area contributed by atoms with Crippen LogP contribution in [0.2, 0.25) is 0 Å². The van der Waals surface area contributed by atoms with Gasteiger partial charge < -0.3 is 10.1 Å². The molecule has 2 nitrogen and oxygen atoms in total. The van der Waals surface area contributed by atoms with Crippen molar-refractivity contribution >= 4 is 0 Å². The summed E-state index contributed by atoms with van der Waals surface area (Å²) in [6, 6.07) is 8.59. The summed E-state index contributed by atoms with van der Waals surface area (Å²) in [6.45, 7) is 7.46. The summed E-state index contributed by atoms with van der Waals surface area (Å²) in [4.78, 5) is 0. The van der Waals surface area contributed by atoms with Gasteiger partial charge in [0.15, 0.2) is 0 Å². The van der Waals surface area contributed by atoms with E-state index in [0.29, 0.717) is 0 Å². The lowest BCUT2D eigenvalue weighted by atomic mass is 10.0. The van der Waals surface area contributed by atoms with Crippen LogP contribution in [0.15, 0.2) is 24.3 Å². The fourth-order valence-electron chi connectivity index (χ4n) is 4.14. The van der Waals surface area contributed by atoms with Crippen molar-refractivity contribution in [2.24, 2.45) is 0 Å². The molecule has 0 fully saturated rings. The molecule has 0 saturated carbocycles. The minimum absolute atomic E-state index is 0.843. The predicted octanol–water partition coefficient (Wildman–Crippen LogP) is 9.22. The summed E-state index contributed by atoms with van der Waals surface area (Å²) < 4.78 is 5.90. The van der Waals surface area contributed by atoms with E-state index in [4.69, 9.17) is 4.74 Å². The van der Waals surface area contributed by atoms with Gasteiger partial charge in [-0.2, -0.15) is 0 Å². The highest BCUT2D eigenvalue weighted by molar-refractivity contribution is 5.28. The maximum absolute atomic E-state index is 5.90. The van der Waals surface area contributed by atoms with Crippen LogP contribution in [0.5, 0.6) is 5.75 Å². The number of benzene rings is 1. The van der Waals surface area contributed by atoms with Crippen molar-refractivity contribution in [2.45, 2.75) is 136 Å². The second-order valence-corrected chi connectivity index (χ2v) is 9.33. The standard InChI is InChI=1S/C29H53NO/c1-3-5-7-9-10-11-12-13-14-15-16-17-18-19-24-30-27-28-22-21-23-29(26-28)31-25-20-8-6-4-2/h21-23,26,30H,3-20,24-25,27H2,1-2H3. The number of unbranched alkanes of at least 4 members (excludes halogenated alkanes) is 16. The molecule has 0 aromatic heterocycles. The topological polar surface area (TPSA) is 21.3 Å². The Kier molecular flexibility index (Phi) is 20.0. The van der Waals surface area contributed by atoms with Gasteiger partial charge in [-0.1, -0.05) is 129 Å². The third kappa shape index (κ3) is 18.3. The number of hydrogen-bond donors (Lipinski definition) is 1. The quantitative estimate of drug-likeness (QED) is 0.174. The van der Waals surface area contributed by atoms with Gasteiger partial charge in [0.25, 0.3) is 0 Å². The lowest BCUT2D eigenvalue weighted by Gasteiger charge is -2.09. The van der Waals surface area contributed by atoms with Crippen molar-refractivity contribution in [3.05, 3.63) is 29.8 Å². The van der Waals surface area contributed by atoms with Crippen LogP contribution in [-0.4, -0.2) is 13.2 Å². The largest absolute Gasteiger partial charge is 0.494 e. The third-order valence-electron chi connectivity index (χ3n) is 6.20. The zero-order chi connectivity index (χ0) is 22.2. The molecule has 0 radical (unpaired) electrons. The van der Waals surface area contributed by atoms with Crippen LogP contribution in [0.1, 0.15) is 135 Å². The smallest absolute Gasteiger partial charge is 0.119 e. The molecule has 180 valence electrons. The average Bonchev–Trinajstić information content (AvgIpc) is 2.79. The summed E-state index contributed by atoms with van der Waals surface area (Å²) in [5.74, 6) is 1.02. The van der Waals surface area contributed by atoms with E-state index in [0.717, 1.165) is 31.9 Å². The summed E-state index contributed by atoms with van der Waals surface area (Å²) in [5.41, 5.74) is 1.33. The van der Waals surface area contributed by atoms with Crippen molar-refractivity contribution in [3.8, 4) is 5.75 Å². The third-order valence-corrected chi connectivity index (χ3v) is 6.20. The van der Waals surface area contributed by atoms with Gasteiger partial charge >= 0.3 is 0 Å². The minimum Gasteiger partial charge on any atom is -0.494 e.